The molecule has 2 N–H and O–H groups in total. The molecule has 1 aromatic carbocycles. The molecule has 0 aliphatic heterocycles. The molecule has 0 bridgehead atoms. The highest BCUT2D eigenvalue weighted by molar-refractivity contribution is 9.10. The zero-order valence-electron chi connectivity index (χ0n) is 8.94. The van der Waals surface area contributed by atoms with Crippen molar-refractivity contribution in [3.05, 3.63) is 52.5 Å². The van der Waals surface area contributed by atoms with Gasteiger partial charge in [-0.15, -0.1) is 0 Å². The molecule has 2 aromatic rings. The van der Waals surface area contributed by atoms with E-state index in [9.17, 15) is 0 Å². The maximum atomic E-state index is 5.48. The summed E-state index contributed by atoms with van der Waals surface area (Å²) in [5, 5.41) is 0. The van der Waals surface area contributed by atoms with Crippen LogP contribution < -0.4 is 5.73 Å². The van der Waals surface area contributed by atoms with Crippen LogP contribution in [-0.4, -0.2) is 16.1 Å². The summed E-state index contributed by atoms with van der Waals surface area (Å²) >= 11 is 3.42. The Morgan fingerprint density at radius 1 is 1.25 bits per heavy atom. The first-order valence-corrected chi connectivity index (χ1v) is 6.02. The van der Waals surface area contributed by atoms with Crippen LogP contribution in [0, 0.1) is 0 Å². The first-order valence-electron chi connectivity index (χ1n) is 5.23. The van der Waals surface area contributed by atoms with Gasteiger partial charge in [0, 0.05) is 23.6 Å². The van der Waals surface area contributed by atoms with Crippen molar-refractivity contribution < 1.29 is 0 Å². The smallest absolute Gasteiger partial charge is 0.0952 e. The Bertz CT molecular complexity index is 448. The largest absolute Gasteiger partial charge is 0.333 e. The van der Waals surface area contributed by atoms with Gasteiger partial charge in [0.2, 0.25) is 0 Å². The van der Waals surface area contributed by atoms with Gasteiger partial charge in [-0.05, 0) is 24.2 Å². The highest BCUT2D eigenvalue weighted by atomic mass is 79.9. The van der Waals surface area contributed by atoms with Gasteiger partial charge in [-0.25, -0.2) is 4.98 Å². The molecule has 1 heterocycles. The van der Waals surface area contributed by atoms with Crippen LogP contribution in [0.15, 0.2) is 41.3 Å². The summed E-state index contributed by atoms with van der Waals surface area (Å²) in [7, 11) is 0. The van der Waals surface area contributed by atoms with Crippen LogP contribution in [0.5, 0.6) is 0 Å². The lowest BCUT2D eigenvalue weighted by molar-refractivity contribution is 0.795. The van der Waals surface area contributed by atoms with E-state index in [0.717, 1.165) is 23.1 Å². The number of rotatable bonds is 4. The van der Waals surface area contributed by atoms with Gasteiger partial charge in [0.15, 0.2) is 0 Å². The first kappa shape index (κ1) is 11.4. The lowest BCUT2D eigenvalue weighted by atomic mass is 10.2. The molecule has 84 valence electrons. The van der Waals surface area contributed by atoms with Crippen molar-refractivity contribution >= 4 is 15.9 Å². The quantitative estimate of drug-likeness (QED) is 0.933. The summed E-state index contributed by atoms with van der Waals surface area (Å²) in [5.41, 5.74) is 7.80. The van der Waals surface area contributed by atoms with Crippen LogP contribution in [0.25, 0.3) is 0 Å². The Balaban J connectivity index is 2.05. The van der Waals surface area contributed by atoms with E-state index >= 15 is 0 Å². The van der Waals surface area contributed by atoms with Gasteiger partial charge in [-0.1, -0.05) is 28.1 Å². The molecular formula is C12H14BrN3. The normalized spacial score (nSPS) is 10.6. The summed E-state index contributed by atoms with van der Waals surface area (Å²) in [4.78, 5) is 4.29. The number of halogens is 1. The van der Waals surface area contributed by atoms with E-state index in [-0.39, 0.29) is 0 Å². The van der Waals surface area contributed by atoms with Gasteiger partial charge in [-0.3, -0.25) is 0 Å². The summed E-state index contributed by atoms with van der Waals surface area (Å²) in [6.45, 7) is 1.50. The lowest BCUT2D eigenvalue weighted by Crippen LogP contribution is -2.02. The molecular weight excluding hydrogens is 266 g/mol. The van der Waals surface area contributed by atoms with Gasteiger partial charge >= 0.3 is 0 Å². The second kappa shape index (κ2) is 5.27. The summed E-state index contributed by atoms with van der Waals surface area (Å²) < 4.78 is 3.18. The Hall–Kier alpha value is -1.13. The third-order valence-electron chi connectivity index (χ3n) is 2.37. The monoisotopic (exact) mass is 279 g/mol. The fourth-order valence-corrected chi connectivity index (χ4v) is 1.83. The second-order valence-corrected chi connectivity index (χ2v) is 4.62. The van der Waals surface area contributed by atoms with Gasteiger partial charge in [0.1, 0.15) is 0 Å². The Morgan fingerprint density at radius 2 is 2.00 bits per heavy atom. The van der Waals surface area contributed by atoms with E-state index < -0.39 is 0 Å². The molecule has 0 saturated heterocycles. The predicted molar refractivity (Wildman–Crippen MR) is 68.2 cm³/mol. The Morgan fingerprint density at radius 3 is 2.69 bits per heavy atom. The minimum absolute atomic E-state index is 0.648. The highest BCUT2D eigenvalue weighted by Gasteiger charge is 1.99. The molecule has 3 nitrogen and oxygen atoms in total. The summed E-state index contributed by atoms with van der Waals surface area (Å²) in [6.07, 6.45) is 4.75. The SMILES string of the molecule is NCCc1cn(Cc2ccc(Br)cc2)cn1. The van der Waals surface area contributed by atoms with E-state index in [1.807, 2.05) is 18.5 Å². The minimum atomic E-state index is 0.648. The standard InChI is InChI=1S/C12H14BrN3/c13-11-3-1-10(2-4-11)7-16-8-12(5-6-14)15-9-16/h1-4,8-9H,5-7,14H2. The average molecular weight is 280 g/mol. The molecule has 16 heavy (non-hydrogen) atoms. The van der Waals surface area contributed by atoms with Gasteiger partial charge in [-0.2, -0.15) is 0 Å². The number of nitrogens with zero attached hydrogens (tertiary/aromatic N) is 2. The predicted octanol–water partition coefficient (Wildman–Crippen LogP) is 2.20. The second-order valence-electron chi connectivity index (χ2n) is 3.70. The van der Waals surface area contributed by atoms with Crippen molar-refractivity contribution in [2.75, 3.05) is 6.54 Å². The maximum absolute atomic E-state index is 5.48. The number of hydrogen-bond donors (Lipinski definition) is 1. The molecule has 0 saturated carbocycles. The third-order valence-corrected chi connectivity index (χ3v) is 2.89. The molecule has 0 unspecified atom stereocenters. The molecule has 1 aromatic heterocycles. The fourth-order valence-electron chi connectivity index (χ4n) is 1.57. The fraction of sp³-hybridized carbons (Fsp3) is 0.250. The molecule has 0 aliphatic carbocycles. The lowest BCUT2D eigenvalue weighted by Gasteiger charge is -2.02. The zero-order chi connectivity index (χ0) is 11.4. The van der Waals surface area contributed by atoms with E-state index in [1.165, 1.54) is 5.56 Å². The third kappa shape index (κ3) is 2.93. The zero-order valence-corrected chi connectivity index (χ0v) is 10.5. The number of hydrogen-bond acceptors (Lipinski definition) is 2. The molecule has 0 aliphatic rings. The number of imidazole rings is 1. The van der Waals surface area contributed by atoms with Crippen molar-refractivity contribution in [2.24, 2.45) is 5.73 Å². The van der Waals surface area contributed by atoms with Crippen molar-refractivity contribution in [3.8, 4) is 0 Å². The number of benzene rings is 1. The van der Waals surface area contributed by atoms with Crippen LogP contribution >= 0.6 is 15.9 Å². The summed E-state index contributed by atoms with van der Waals surface area (Å²) in [6, 6.07) is 8.31. The Kier molecular flexibility index (Phi) is 3.74. The van der Waals surface area contributed by atoms with E-state index in [4.69, 9.17) is 5.73 Å². The number of aromatic nitrogens is 2. The van der Waals surface area contributed by atoms with Crippen molar-refractivity contribution in [3.63, 3.8) is 0 Å². The van der Waals surface area contributed by atoms with E-state index in [1.54, 1.807) is 0 Å². The van der Waals surface area contributed by atoms with E-state index in [2.05, 4.69) is 43.8 Å². The average Bonchev–Trinajstić information content (AvgIpc) is 2.70. The van der Waals surface area contributed by atoms with E-state index in [0.29, 0.717) is 6.54 Å². The van der Waals surface area contributed by atoms with Crippen LogP contribution in [0.1, 0.15) is 11.3 Å². The molecule has 0 amide bonds. The van der Waals surface area contributed by atoms with Gasteiger partial charge < -0.3 is 10.3 Å². The Labute approximate surface area is 103 Å². The molecule has 2 rings (SSSR count). The van der Waals surface area contributed by atoms with Crippen molar-refractivity contribution in [1.82, 2.24) is 9.55 Å². The molecule has 0 fully saturated rings. The maximum Gasteiger partial charge on any atom is 0.0952 e. The number of nitrogens with two attached hydrogens (primary N) is 1. The summed E-state index contributed by atoms with van der Waals surface area (Å²) in [5.74, 6) is 0. The first-order chi connectivity index (χ1) is 7.78. The topological polar surface area (TPSA) is 43.8 Å². The van der Waals surface area contributed by atoms with Crippen molar-refractivity contribution in [1.29, 1.82) is 0 Å². The molecule has 0 radical (unpaired) electrons. The van der Waals surface area contributed by atoms with Crippen LogP contribution in [0.4, 0.5) is 0 Å². The van der Waals surface area contributed by atoms with Gasteiger partial charge in [0.25, 0.3) is 0 Å². The molecule has 0 spiro atoms. The van der Waals surface area contributed by atoms with Crippen LogP contribution in [0.3, 0.4) is 0 Å². The highest BCUT2D eigenvalue weighted by Crippen LogP contribution is 2.11. The van der Waals surface area contributed by atoms with Gasteiger partial charge in [0.05, 0.1) is 12.0 Å². The van der Waals surface area contributed by atoms with Crippen LogP contribution in [0.2, 0.25) is 0 Å². The molecule has 4 heteroatoms. The molecule has 0 atom stereocenters. The minimum Gasteiger partial charge on any atom is -0.333 e. The van der Waals surface area contributed by atoms with Crippen LogP contribution in [-0.2, 0) is 13.0 Å². The van der Waals surface area contributed by atoms with Crippen molar-refractivity contribution in [2.45, 2.75) is 13.0 Å².